The summed E-state index contributed by atoms with van der Waals surface area (Å²) in [5, 5.41) is 10.1. The van der Waals surface area contributed by atoms with Crippen molar-refractivity contribution < 1.29 is 14.6 Å². The predicted molar refractivity (Wildman–Crippen MR) is 75.2 cm³/mol. The van der Waals surface area contributed by atoms with Crippen LogP contribution in [0.1, 0.15) is 34.4 Å². The molecule has 1 N–H and O–H groups in total. The molecule has 5 heteroatoms. The number of hydrogen-bond acceptors (Lipinski definition) is 4. The lowest BCUT2D eigenvalue weighted by Crippen LogP contribution is -1.95. The summed E-state index contributed by atoms with van der Waals surface area (Å²) in [4.78, 5) is 16.0. The van der Waals surface area contributed by atoms with Crippen LogP contribution in [-0.4, -0.2) is 23.2 Å². The van der Waals surface area contributed by atoms with E-state index in [1.807, 2.05) is 26.0 Å². The lowest BCUT2D eigenvalue weighted by molar-refractivity contribution is 0.0702. The van der Waals surface area contributed by atoms with Crippen LogP contribution in [0.5, 0.6) is 5.75 Å². The van der Waals surface area contributed by atoms with Gasteiger partial charge < -0.3 is 9.84 Å². The number of thiazole rings is 1. The van der Waals surface area contributed by atoms with Gasteiger partial charge in [0.15, 0.2) is 0 Å². The molecule has 0 saturated carbocycles. The molecule has 1 aromatic carbocycles. The molecule has 0 aliphatic heterocycles. The van der Waals surface area contributed by atoms with Gasteiger partial charge in [0.05, 0.1) is 17.8 Å². The zero-order valence-electron chi connectivity index (χ0n) is 11.0. The van der Waals surface area contributed by atoms with Gasteiger partial charge >= 0.3 is 5.97 Å². The number of aromatic nitrogens is 1. The molecule has 0 bridgehead atoms. The van der Waals surface area contributed by atoms with Gasteiger partial charge in [0.25, 0.3) is 0 Å². The standard InChI is InChI=1S/C14H15NO3S/c1-8(2)13-15-11(12(19-13)14(16)17)9-4-6-10(18-3)7-5-9/h4-8H,1-3H3,(H,16,17). The minimum Gasteiger partial charge on any atom is -0.497 e. The molecule has 2 rings (SSSR count). The molecule has 0 saturated heterocycles. The van der Waals surface area contributed by atoms with E-state index < -0.39 is 5.97 Å². The molecular weight excluding hydrogens is 262 g/mol. The summed E-state index contributed by atoms with van der Waals surface area (Å²) in [5.41, 5.74) is 1.32. The van der Waals surface area contributed by atoms with Crippen molar-refractivity contribution in [2.24, 2.45) is 0 Å². The third kappa shape index (κ3) is 2.76. The molecule has 19 heavy (non-hydrogen) atoms. The number of benzene rings is 1. The maximum atomic E-state index is 11.3. The molecule has 2 aromatic rings. The smallest absolute Gasteiger partial charge is 0.348 e. The number of carbonyl (C=O) groups is 1. The first kappa shape index (κ1) is 13.5. The van der Waals surface area contributed by atoms with E-state index in [4.69, 9.17) is 4.74 Å². The molecule has 0 fully saturated rings. The number of hydrogen-bond donors (Lipinski definition) is 1. The van der Waals surface area contributed by atoms with Gasteiger partial charge in [0.2, 0.25) is 0 Å². The normalized spacial score (nSPS) is 10.7. The van der Waals surface area contributed by atoms with Crippen LogP contribution in [0, 0.1) is 0 Å². The summed E-state index contributed by atoms with van der Waals surface area (Å²) >= 11 is 1.24. The second-order valence-corrected chi connectivity index (χ2v) is 5.45. The Kier molecular flexibility index (Phi) is 3.85. The number of methoxy groups -OCH3 is 1. The second-order valence-electron chi connectivity index (χ2n) is 4.42. The van der Waals surface area contributed by atoms with Gasteiger partial charge in [-0.3, -0.25) is 0 Å². The van der Waals surface area contributed by atoms with Crippen molar-refractivity contribution in [3.8, 4) is 17.0 Å². The Morgan fingerprint density at radius 1 is 1.32 bits per heavy atom. The van der Waals surface area contributed by atoms with Crippen LogP contribution in [0.25, 0.3) is 11.3 Å². The van der Waals surface area contributed by atoms with E-state index in [1.54, 1.807) is 19.2 Å². The van der Waals surface area contributed by atoms with Gasteiger partial charge in [0.1, 0.15) is 10.6 Å². The highest BCUT2D eigenvalue weighted by Gasteiger charge is 2.19. The Hall–Kier alpha value is -1.88. The first-order valence-electron chi connectivity index (χ1n) is 5.91. The topological polar surface area (TPSA) is 59.4 Å². The van der Waals surface area contributed by atoms with E-state index in [-0.39, 0.29) is 10.8 Å². The fraction of sp³-hybridized carbons (Fsp3) is 0.286. The molecule has 0 radical (unpaired) electrons. The quantitative estimate of drug-likeness (QED) is 0.926. The van der Waals surface area contributed by atoms with Crippen molar-refractivity contribution in [3.63, 3.8) is 0 Å². The third-order valence-electron chi connectivity index (χ3n) is 2.70. The first-order valence-corrected chi connectivity index (χ1v) is 6.73. The molecule has 0 amide bonds. The fourth-order valence-corrected chi connectivity index (χ4v) is 2.60. The highest BCUT2D eigenvalue weighted by Crippen LogP contribution is 2.32. The van der Waals surface area contributed by atoms with Gasteiger partial charge in [0, 0.05) is 11.5 Å². The Bertz CT molecular complexity index is 587. The van der Waals surface area contributed by atoms with Crippen LogP contribution in [-0.2, 0) is 0 Å². The molecule has 0 atom stereocenters. The minimum atomic E-state index is -0.935. The van der Waals surface area contributed by atoms with Crippen LogP contribution in [0.3, 0.4) is 0 Å². The van der Waals surface area contributed by atoms with E-state index in [0.717, 1.165) is 16.3 Å². The van der Waals surface area contributed by atoms with Crippen molar-refractivity contribution >= 4 is 17.3 Å². The average Bonchev–Trinajstić information content (AvgIpc) is 2.84. The van der Waals surface area contributed by atoms with Crippen LogP contribution >= 0.6 is 11.3 Å². The molecule has 1 heterocycles. The minimum absolute atomic E-state index is 0.218. The zero-order valence-corrected chi connectivity index (χ0v) is 11.8. The summed E-state index contributed by atoms with van der Waals surface area (Å²) in [6.07, 6.45) is 0. The molecule has 0 spiro atoms. The van der Waals surface area contributed by atoms with Gasteiger partial charge in [-0.25, -0.2) is 9.78 Å². The van der Waals surface area contributed by atoms with Gasteiger partial charge in [-0.05, 0) is 24.3 Å². The molecule has 0 aliphatic rings. The van der Waals surface area contributed by atoms with Crippen LogP contribution in [0.2, 0.25) is 0 Å². The Balaban J connectivity index is 2.49. The van der Waals surface area contributed by atoms with E-state index in [2.05, 4.69) is 4.98 Å². The lowest BCUT2D eigenvalue weighted by Gasteiger charge is -2.02. The maximum absolute atomic E-state index is 11.3. The molecule has 0 aliphatic carbocycles. The van der Waals surface area contributed by atoms with Gasteiger partial charge in [-0.15, -0.1) is 11.3 Å². The highest BCUT2D eigenvalue weighted by atomic mass is 32.1. The average molecular weight is 277 g/mol. The Morgan fingerprint density at radius 2 is 1.95 bits per heavy atom. The maximum Gasteiger partial charge on any atom is 0.348 e. The zero-order chi connectivity index (χ0) is 14.0. The summed E-state index contributed by atoms with van der Waals surface area (Å²) in [7, 11) is 1.59. The van der Waals surface area contributed by atoms with Gasteiger partial charge in [-0.2, -0.15) is 0 Å². The number of rotatable bonds is 4. The lowest BCUT2D eigenvalue weighted by atomic mass is 10.1. The second kappa shape index (κ2) is 5.40. The summed E-state index contributed by atoms with van der Waals surface area (Å²) in [5.74, 6) is 0.0188. The third-order valence-corrected chi connectivity index (χ3v) is 4.04. The van der Waals surface area contributed by atoms with Crippen molar-refractivity contribution in [3.05, 3.63) is 34.2 Å². The van der Waals surface area contributed by atoms with Crippen LogP contribution < -0.4 is 4.74 Å². The SMILES string of the molecule is COc1ccc(-c2nc(C(C)C)sc2C(=O)O)cc1. The number of carboxylic acid groups (broad SMARTS) is 1. The summed E-state index contributed by atoms with van der Waals surface area (Å²) < 4.78 is 5.09. The van der Waals surface area contributed by atoms with E-state index in [0.29, 0.717) is 5.69 Å². The molecule has 100 valence electrons. The number of carboxylic acids is 1. The van der Waals surface area contributed by atoms with Crippen molar-refractivity contribution in [2.45, 2.75) is 19.8 Å². The van der Waals surface area contributed by atoms with E-state index in [9.17, 15) is 9.90 Å². The van der Waals surface area contributed by atoms with Gasteiger partial charge in [-0.1, -0.05) is 13.8 Å². The number of nitrogens with zero attached hydrogens (tertiary/aromatic N) is 1. The van der Waals surface area contributed by atoms with E-state index >= 15 is 0 Å². The molecule has 1 aromatic heterocycles. The van der Waals surface area contributed by atoms with Crippen molar-refractivity contribution in [2.75, 3.05) is 7.11 Å². The number of ether oxygens (including phenoxy) is 1. The Labute approximate surface area is 115 Å². The monoisotopic (exact) mass is 277 g/mol. The van der Waals surface area contributed by atoms with Crippen LogP contribution in [0.15, 0.2) is 24.3 Å². The summed E-state index contributed by atoms with van der Waals surface area (Å²) in [6.45, 7) is 4.00. The molecular formula is C14H15NO3S. The molecule has 0 unspecified atom stereocenters. The molecule has 4 nitrogen and oxygen atoms in total. The predicted octanol–water partition coefficient (Wildman–Crippen LogP) is 3.64. The largest absolute Gasteiger partial charge is 0.497 e. The van der Waals surface area contributed by atoms with Crippen molar-refractivity contribution in [1.29, 1.82) is 0 Å². The highest BCUT2D eigenvalue weighted by molar-refractivity contribution is 7.14. The Morgan fingerprint density at radius 3 is 2.42 bits per heavy atom. The fourth-order valence-electron chi connectivity index (χ4n) is 1.67. The van der Waals surface area contributed by atoms with Crippen LogP contribution in [0.4, 0.5) is 0 Å². The number of aromatic carboxylic acids is 1. The van der Waals surface area contributed by atoms with Crippen molar-refractivity contribution in [1.82, 2.24) is 4.98 Å². The summed E-state index contributed by atoms with van der Waals surface area (Å²) in [6, 6.07) is 7.25. The first-order chi connectivity index (χ1) is 9.02. The van der Waals surface area contributed by atoms with E-state index in [1.165, 1.54) is 11.3 Å².